The van der Waals surface area contributed by atoms with Gasteiger partial charge in [0.15, 0.2) is 0 Å². The Bertz CT molecular complexity index is 517. The van der Waals surface area contributed by atoms with E-state index in [9.17, 15) is 5.11 Å². The van der Waals surface area contributed by atoms with E-state index >= 15 is 0 Å². The Morgan fingerprint density at radius 1 is 1.45 bits per heavy atom. The molecule has 0 saturated carbocycles. The summed E-state index contributed by atoms with van der Waals surface area (Å²) >= 11 is 6.10. The highest BCUT2D eigenvalue weighted by molar-refractivity contribution is 6.32. The number of aryl methyl sites for hydroxylation is 1. The zero-order valence-electron chi connectivity index (χ0n) is 13.1. The number of rotatable bonds is 5. The molecule has 22 heavy (non-hydrogen) atoms. The lowest BCUT2D eigenvalue weighted by atomic mass is 9.87. The molecule has 0 unspecified atom stereocenters. The van der Waals surface area contributed by atoms with E-state index in [4.69, 9.17) is 21.1 Å². The summed E-state index contributed by atoms with van der Waals surface area (Å²) in [5, 5.41) is 10.8. The summed E-state index contributed by atoms with van der Waals surface area (Å²) in [5.41, 5.74) is 1.43. The Balaban J connectivity index is 1.47. The second-order valence-electron chi connectivity index (χ2n) is 6.69. The molecule has 0 aromatic heterocycles. The molecule has 0 amide bonds. The van der Waals surface area contributed by atoms with Crippen molar-refractivity contribution in [2.24, 2.45) is 5.41 Å². The van der Waals surface area contributed by atoms with E-state index in [1.807, 2.05) is 25.1 Å². The molecule has 122 valence electrons. The highest BCUT2D eigenvalue weighted by atomic mass is 35.5. The number of benzene rings is 1. The van der Waals surface area contributed by atoms with E-state index in [0.29, 0.717) is 22.7 Å². The van der Waals surface area contributed by atoms with Gasteiger partial charge in [0.05, 0.1) is 11.6 Å². The molecule has 2 heterocycles. The number of ether oxygens (including phenoxy) is 2. The molecular formula is C17H24ClNO3. The van der Waals surface area contributed by atoms with Gasteiger partial charge in [-0.05, 0) is 44.0 Å². The molecule has 2 saturated heterocycles. The largest absolute Gasteiger partial charge is 0.489 e. The summed E-state index contributed by atoms with van der Waals surface area (Å²) in [4.78, 5) is 2.32. The second-order valence-corrected chi connectivity index (χ2v) is 7.09. The third-order valence-electron chi connectivity index (χ3n) is 4.69. The normalized spacial score (nSPS) is 26.7. The molecule has 3 rings (SSSR count). The fourth-order valence-electron chi connectivity index (χ4n) is 3.41. The average molecular weight is 326 g/mol. The van der Waals surface area contributed by atoms with Crippen LogP contribution in [0.5, 0.6) is 5.75 Å². The van der Waals surface area contributed by atoms with Gasteiger partial charge in [-0.1, -0.05) is 17.7 Å². The standard InChI is InChI=1S/C17H24ClNO3/c1-13-2-3-15(18)16(8-13)22-10-14(20)9-19-6-4-17(11-19)5-7-21-12-17/h2-3,8,14,20H,4-7,9-12H2,1H3/t14-,17+/m0/s1. The van der Waals surface area contributed by atoms with Gasteiger partial charge < -0.3 is 14.6 Å². The molecule has 2 fully saturated rings. The Hall–Kier alpha value is -0.810. The first kappa shape index (κ1) is 16.1. The molecule has 1 spiro atoms. The number of likely N-dealkylation sites (tertiary alicyclic amines) is 1. The van der Waals surface area contributed by atoms with Crippen molar-refractivity contribution in [2.45, 2.75) is 25.9 Å². The van der Waals surface area contributed by atoms with Crippen molar-refractivity contribution in [1.29, 1.82) is 0 Å². The zero-order chi connectivity index (χ0) is 15.6. The third kappa shape index (κ3) is 3.74. The lowest BCUT2D eigenvalue weighted by molar-refractivity contribution is 0.0705. The van der Waals surface area contributed by atoms with Crippen molar-refractivity contribution < 1.29 is 14.6 Å². The predicted molar refractivity (Wildman–Crippen MR) is 86.6 cm³/mol. The van der Waals surface area contributed by atoms with Crippen LogP contribution in [0.25, 0.3) is 0 Å². The van der Waals surface area contributed by atoms with E-state index in [1.165, 1.54) is 6.42 Å². The van der Waals surface area contributed by atoms with Crippen molar-refractivity contribution in [3.05, 3.63) is 28.8 Å². The van der Waals surface area contributed by atoms with Gasteiger partial charge in [0.1, 0.15) is 18.5 Å². The smallest absolute Gasteiger partial charge is 0.138 e. The minimum absolute atomic E-state index is 0.267. The number of aliphatic hydroxyl groups excluding tert-OH is 1. The SMILES string of the molecule is Cc1ccc(Cl)c(OC[C@@H](O)CN2CC[C@@]3(CCOC3)C2)c1. The summed E-state index contributed by atoms with van der Waals surface area (Å²) in [6.45, 7) is 6.71. The van der Waals surface area contributed by atoms with Crippen LogP contribution in [-0.2, 0) is 4.74 Å². The summed E-state index contributed by atoms with van der Waals surface area (Å²) in [6, 6.07) is 5.66. The van der Waals surface area contributed by atoms with Crippen LogP contribution in [0.15, 0.2) is 18.2 Å². The van der Waals surface area contributed by atoms with E-state index in [0.717, 1.165) is 38.3 Å². The quantitative estimate of drug-likeness (QED) is 0.903. The Labute approximate surface area is 137 Å². The lowest BCUT2D eigenvalue weighted by Crippen LogP contribution is -2.36. The number of halogens is 1. The van der Waals surface area contributed by atoms with Crippen LogP contribution in [0.3, 0.4) is 0 Å². The number of nitrogens with zero attached hydrogens (tertiary/aromatic N) is 1. The van der Waals surface area contributed by atoms with Gasteiger partial charge in [-0.15, -0.1) is 0 Å². The molecule has 1 aromatic carbocycles. The Kier molecular flexibility index (Phi) is 4.93. The van der Waals surface area contributed by atoms with Gasteiger partial charge in [-0.25, -0.2) is 0 Å². The molecule has 5 heteroatoms. The number of aliphatic hydroxyl groups is 1. The zero-order valence-corrected chi connectivity index (χ0v) is 13.8. The van der Waals surface area contributed by atoms with E-state index in [2.05, 4.69) is 4.90 Å². The number of β-amino-alcohol motifs (C(OH)–C–C–N with tert-alkyl or cyclic N) is 1. The molecule has 0 radical (unpaired) electrons. The molecule has 2 aliphatic heterocycles. The van der Waals surface area contributed by atoms with Gasteiger partial charge in [0.25, 0.3) is 0 Å². The topological polar surface area (TPSA) is 41.9 Å². The molecule has 1 N–H and O–H groups in total. The number of hydrogen-bond donors (Lipinski definition) is 1. The van der Waals surface area contributed by atoms with Crippen molar-refractivity contribution in [1.82, 2.24) is 4.90 Å². The van der Waals surface area contributed by atoms with E-state index in [-0.39, 0.29) is 6.61 Å². The first-order valence-corrected chi connectivity index (χ1v) is 8.31. The van der Waals surface area contributed by atoms with Gasteiger partial charge in [-0.3, -0.25) is 4.90 Å². The predicted octanol–water partition coefficient (Wildman–Crippen LogP) is 2.50. The minimum atomic E-state index is -0.506. The molecule has 2 atom stereocenters. The van der Waals surface area contributed by atoms with Crippen LogP contribution in [0.2, 0.25) is 5.02 Å². The molecular weight excluding hydrogens is 302 g/mol. The van der Waals surface area contributed by atoms with Crippen LogP contribution in [0.1, 0.15) is 18.4 Å². The van der Waals surface area contributed by atoms with Gasteiger partial charge in [0, 0.05) is 25.1 Å². The van der Waals surface area contributed by atoms with Crippen LogP contribution < -0.4 is 4.74 Å². The Morgan fingerprint density at radius 2 is 2.32 bits per heavy atom. The summed E-state index contributed by atoms with van der Waals surface area (Å²) < 4.78 is 11.2. The van der Waals surface area contributed by atoms with Gasteiger partial charge in [0.2, 0.25) is 0 Å². The Morgan fingerprint density at radius 3 is 3.09 bits per heavy atom. The maximum absolute atomic E-state index is 10.2. The van der Waals surface area contributed by atoms with Crippen molar-refractivity contribution in [3.63, 3.8) is 0 Å². The summed E-state index contributed by atoms with van der Waals surface area (Å²) in [7, 11) is 0. The minimum Gasteiger partial charge on any atom is -0.489 e. The maximum Gasteiger partial charge on any atom is 0.138 e. The highest BCUT2D eigenvalue weighted by Gasteiger charge is 2.41. The fourth-order valence-corrected chi connectivity index (χ4v) is 3.58. The first-order valence-electron chi connectivity index (χ1n) is 7.93. The van der Waals surface area contributed by atoms with Crippen LogP contribution >= 0.6 is 11.6 Å². The second kappa shape index (κ2) is 6.75. The summed E-state index contributed by atoms with van der Waals surface area (Å²) in [5.74, 6) is 0.641. The fraction of sp³-hybridized carbons (Fsp3) is 0.647. The molecule has 0 aliphatic carbocycles. The lowest BCUT2D eigenvalue weighted by Gasteiger charge is -2.24. The average Bonchev–Trinajstić information content (AvgIpc) is 3.10. The van der Waals surface area contributed by atoms with Crippen molar-refractivity contribution in [2.75, 3.05) is 39.5 Å². The maximum atomic E-state index is 10.2. The van der Waals surface area contributed by atoms with Crippen molar-refractivity contribution in [3.8, 4) is 5.75 Å². The third-order valence-corrected chi connectivity index (χ3v) is 5.00. The summed E-state index contributed by atoms with van der Waals surface area (Å²) in [6.07, 6.45) is 1.81. The molecule has 0 bridgehead atoms. The van der Waals surface area contributed by atoms with E-state index < -0.39 is 6.10 Å². The highest BCUT2D eigenvalue weighted by Crippen LogP contribution is 2.38. The number of hydrogen-bond acceptors (Lipinski definition) is 4. The van der Waals surface area contributed by atoms with Gasteiger partial charge >= 0.3 is 0 Å². The van der Waals surface area contributed by atoms with Gasteiger partial charge in [-0.2, -0.15) is 0 Å². The molecule has 1 aromatic rings. The van der Waals surface area contributed by atoms with Crippen LogP contribution in [0.4, 0.5) is 0 Å². The molecule has 2 aliphatic rings. The molecule has 4 nitrogen and oxygen atoms in total. The van der Waals surface area contributed by atoms with E-state index in [1.54, 1.807) is 0 Å². The first-order chi connectivity index (χ1) is 10.6. The van der Waals surface area contributed by atoms with Crippen molar-refractivity contribution >= 4 is 11.6 Å². The monoisotopic (exact) mass is 325 g/mol. The van der Waals surface area contributed by atoms with Crippen LogP contribution in [-0.4, -0.2) is 55.6 Å². The van der Waals surface area contributed by atoms with Crippen LogP contribution in [0, 0.1) is 12.3 Å².